The molecule has 1 amide bonds. The first-order chi connectivity index (χ1) is 24.2. The molecule has 0 spiro atoms. The van der Waals surface area contributed by atoms with Crippen molar-refractivity contribution >= 4 is 49.1 Å². The van der Waals surface area contributed by atoms with E-state index in [2.05, 4.69) is 9.97 Å². The summed E-state index contributed by atoms with van der Waals surface area (Å²) in [4.78, 5) is 26.9. The largest absolute Gasteiger partial charge is 0.461 e. The minimum Gasteiger partial charge on any atom is -0.461 e. The Bertz CT molecular complexity index is 2100. The Balaban J connectivity index is 1.45. The van der Waals surface area contributed by atoms with E-state index in [1.807, 2.05) is 17.9 Å². The number of hydrogen-bond donors (Lipinski definition) is 1. The number of nitrogen functional groups attached to an aromatic ring is 1. The number of anilines is 2. The summed E-state index contributed by atoms with van der Waals surface area (Å²) in [5.74, 6) is -2.33. The second-order valence-corrected chi connectivity index (χ2v) is 14.7. The Morgan fingerprint density at radius 2 is 2.02 bits per heavy atom. The van der Waals surface area contributed by atoms with Gasteiger partial charge < -0.3 is 20.3 Å². The monoisotopic (exact) mass is 731 g/mol. The fraction of sp³-hybridized carbons (Fsp3) is 0.486. The van der Waals surface area contributed by atoms with Gasteiger partial charge in [-0.3, -0.25) is 9.69 Å². The van der Waals surface area contributed by atoms with E-state index >= 15 is 17.6 Å². The molecule has 4 atom stereocenters. The maximum atomic E-state index is 17.1. The number of nitriles is 1. The van der Waals surface area contributed by atoms with Gasteiger partial charge in [0.15, 0.2) is 5.82 Å². The Labute approximate surface area is 293 Å². The van der Waals surface area contributed by atoms with Crippen molar-refractivity contribution in [3.8, 4) is 23.2 Å². The molecule has 0 bridgehead atoms. The van der Waals surface area contributed by atoms with Crippen molar-refractivity contribution in [2.24, 2.45) is 0 Å². The molecule has 5 heterocycles. The Hall–Kier alpha value is -4.36. The molecule has 270 valence electrons. The molecule has 0 aliphatic carbocycles. The van der Waals surface area contributed by atoms with Crippen molar-refractivity contribution in [2.45, 2.75) is 75.9 Å². The average molecular weight is 732 g/mol. The highest BCUT2D eigenvalue weighted by atomic mass is 32.1. The number of alkyl halides is 4. The highest BCUT2D eigenvalue weighted by Gasteiger charge is 2.49. The second kappa shape index (κ2) is 12.7. The number of carbonyl (C=O) groups is 1. The Morgan fingerprint density at radius 3 is 2.73 bits per heavy atom. The summed E-state index contributed by atoms with van der Waals surface area (Å²) in [6.45, 7) is 4.91. The number of halogens is 6. The summed E-state index contributed by atoms with van der Waals surface area (Å²) in [6.07, 6.45) is -3.71. The third kappa shape index (κ3) is 5.69. The minimum atomic E-state index is -5.12. The van der Waals surface area contributed by atoms with Crippen LogP contribution >= 0.6 is 11.3 Å². The molecule has 2 aromatic carbocycles. The van der Waals surface area contributed by atoms with Crippen LogP contribution in [0.15, 0.2) is 18.2 Å². The average Bonchev–Trinajstić information content (AvgIpc) is 3.83. The van der Waals surface area contributed by atoms with Crippen LogP contribution in [0.25, 0.3) is 32.1 Å². The highest BCUT2D eigenvalue weighted by Crippen LogP contribution is 2.48. The SMILES string of the molecule is CCC(=O)N1CCC(N(C)c2nc(OC[C@@]34CCCN3C[C@H](F)C4)nc3c(F)c(-c4ccc(F)c5sc(N)c(C#N)c45)c(C(F)(F)F)cc23)C1C. The number of amides is 1. The molecule has 51 heavy (non-hydrogen) atoms. The fourth-order valence-electron chi connectivity index (χ4n) is 8.32. The number of thiophene rings is 1. The van der Waals surface area contributed by atoms with Gasteiger partial charge in [0.1, 0.15) is 41.0 Å². The highest BCUT2D eigenvalue weighted by molar-refractivity contribution is 7.23. The van der Waals surface area contributed by atoms with Gasteiger partial charge in [-0.1, -0.05) is 13.0 Å². The van der Waals surface area contributed by atoms with Crippen LogP contribution in [-0.4, -0.2) is 82.8 Å². The summed E-state index contributed by atoms with van der Waals surface area (Å²) in [7, 11) is 1.62. The van der Waals surface area contributed by atoms with E-state index < -0.39 is 52.2 Å². The third-order valence-corrected chi connectivity index (χ3v) is 11.8. The van der Waals surface area contributed by atoms with Gasteiger partial charge in [0, 0.05) is 55.4 Å². The first-order valence-electron chi connectivity index (χ1n) is 16.8. The molecule has 4 aromatic rings. The number of benzene rings is 2. The molecular weight excluding hydrogens is 696 g/mol. The summed E-state index contributed by atoms with van der Waals surface area (Å²) >= 11 is 0.680. The van der Waals surface area contributed by atoms with Crippen molar-refractivity contribution in [1.82, 2.24) is 19.8 Å². The minimum absolute atomic E-state index is 0.0197. The summed E-state index contributed by atoms with van der Waals surface area (Å²) in [5.41, 5.74) is 1.88. The van der Waals surface area contributed by atoms with E-state index in [0.717, 1.165) is 24.6 Å². The molecule has 0 radical (unpaired) electrons. The number of aromatic nitrogens is 2. The molecule has 3 fully saturated rings. The van der Waals surface area contributed by atoms with E-state index in [0.29, 0.717) is 37.3 Å². The number of carbonyl (C=O) groups excluding carboxylic acids is 1. The predicted octanol–water partition coefficient (Wildman–Crippen LogP) is 7.05. The van der Waals surface area contributed by atoms with Gasteiger partial charge in [0.2, 0.25) is 5.91 Å². The molecule has 3 aliphatic heterocycles. The van der Waals surface area contributed by atoms with Crippen molar-refractivity contribution in [1.29, 1.82) is 5.26 Å². The van der Waals surface area contributed by atoms with Crippen LogP contribution in [0.2, 0.25) is 0 Å². The van der Waals surface area contributed by atoms with Crippen LogP contribution < -0.4 is 15.4 Å². The maximum absolute atomic E-state index is 17.1. The zero-order chi connectivity index (χ0) is 36.6. The van der Waals surface area contributed by atoms with Crippen LogP contribution in [-0.2, 0) is 11.0 Å². The predicted molar refractivity (Wildman–Crippen MR) is 181 cm³/mol. The van der Waals surface area contributed by atoms with Crippen molar-refractivity contribution in [3.05, 3.63) is 41.0 Å². The van der Waals surface area contributed by atoms with E-state index in [1.165, 1.54) is 0 Å². The fourth-order valence-corrected chi connectivity index (χ4v) is 9.27. The van der Waals surface area contributed by atoms with Crippen LogP contribution in [0.3, 0.4) is 0 Å². The molecular formula is C35H35F6N7O2S. The van der Waals surface area contributed by atoms with E-state index in [-0.39, 0.29) is 81.4 Å². The summed E-state index contributed by atoms with van der Waals surface area (Å²) in [5, 5.41) is 9.21. The second-order valence-electron chi connectivity index (χ2n) is 13.6. The molecule has 2 N–H and O–H groups in total. The molecule has 0 saturated carbocycles. The molecule has 2 aromatic heterocycles. The normalized spacial score (nSPS) is 23.7. The van der Waals surface area contributed by atoms with Crippen LogP contribution in [0.4, 0.5) is 37.2 Å². The molecule has 2 unspecified atom stereocenters. The first kappa shape index (κ1) is 35.1. The number of nitrogens with two attached hydrogens (primary N) is 1. The standard InChI is InChI=1S/C35H35F6N7O2S/c1-4-25(49)48-11-8-24(17(48)2)46(3)32-20-12-22(35(39,40)41)27(19-6-7-23(37)30-26(19)21(14-42)31(43)51-30)28(38)29(20)44-33(45-32)50-16-34-9-5-10-47(34)15-18(36)13-34/h6-7,12,17-18,24H,4-5,8-11,13,15-16,43H2,1-3H3/t17?,18-,24?,34+/m1/s1. The van der Waals surface area contributed by atoms with Gasteiger partial charge in [-0.05, 0) is 50.4 Å². The van der Waals surface area contributed by atoms with Gasteiger partial charge in [-0.25, -0.2) is 13.2 Å². The quantitative estimate of drug-likeness (QED) is 0.202. The van der Waals surface area contributed by atoms with Gasteiger partial charge in [-0.2, -0.15) is 28.4 Å². The first-order valence-corrected chi connectivity index (χ1v) is 17.6. The lowest BCUT2D eigenvalue weighted by molar-refractivity contribution is -0.137. The van der Waals surface area contributed by atoms with Crippen LogP contribution in [0, 0.1) is 23.0 Å². The lowest BCUT2D eigenvalue weighted by Crippen LogP contribution is -2.44. The van der Waals surface area contributed by atoms with Gasteiger partial charge >= 0.3 is 12.2 Å². The number of likely N-dealkylation sites (tertiary alicyclic amines) is 1. The van der Waals surface area contributed by atoms with Crippen LogP contribution in [0.5, 0.6) is 6.01 Å². The number of likely N-dealkylation sites (N-methyl/N-ethyl adjacent to an activating group) is 1. The smallest absolute Gasteiger partial charge is 0.417 e. The van der Waals surface area contributed by atoms with Gasteiger partial charge in [0.05, 0.1) is 27.4 Å². The van der Waals surface area contributed by atoms with Crippen LogP contribution in [0.1, 0.15) is 57.1 Å². The number of hydrogen-bond acceptors (Lipinski definition) is 9. The van der Waals surface area contributed by atoms with Crippen molar-refractivity contribution < 1.29 is 35.9 Å². The number of rotatable bonds is 7. The summed E-state index contributed by atoms with van der Waals surface area (Å²) < 4.78 is 97.6. The summed E-state index contributed by atoms with van der Waals surface area (Å²) in [6, 6.07) is 3.42. The van der Waals surface area contributed by atoms with E-state index in [1.54, 1.807) is 23.8 Å². The lowest BCUT2D eigenvalue weighted by atomic mass is 9.92. The molecule has 7 rings (SSSR count). The zero-order valence-electron chi connectivity index (χ0n) is 28.1. The lowest BCUT2D eigenvalue weighted by Gasteiger charge is -2.33. The number of nitrogens with zero attached hydrogens (tertiary/aromatic N) is 6. The Morgan fingerprint density at radius 1 is 1.25 bits per heavy atom. The van der Waals surface area contributed by atoms with Gasteiger partial charge in [-0.15, -0.1) is 11.3 Å². The van der Waals surface area contributed by atoms with E-state index in [4.69, 9.17) is 10.5 Å². The molecule has 3 aliphatic rings. The van der Waals surface area contributed by atoms with Gasteiger partial charge in [0.25, 0.3) is 0 Å². The zero-order valence-corrected chi connectivity index (χ0v) is 28.9. The maximum Gasteiger partial charge on any atom is 0.417 e. The topological polar surface area (TPSA) is 112 Å². The molecule has 9 nitrogen and oxygen atoms in total. The number of fused-ring (bicyclic) bond motifs is 3. The van der Waals surface area contributed by atoms with Crippen molar-refractivity contribution in [3.63, 3.8) is 0 Å². The third-order valence-electron chi connectivity index (χ3n) is 10.8. The van der Waals surface area contributed by atoms with E-state index in [9.17, 15) is 18.8 Å². The van der Waals surface area contributed by atoms with Crippen molar-refractivity contribution in [2.75, 3.05) is 43.9 Å². The number of ether oxygens (including phenoxy) is 1. The molecule has 3 saturated heterocycles. The molecule has 16 heteroatoms. The Kier molecular flexibility index (Phi) is 8.73.